The van der Waals surface area contributed by atoms with Crippen molar-refractivity contribution in [3.05, 3.63) is 84.6 Å². The van der Waals surface area contributed by atoms with Gasteiger partial charge in [-0.15, -0.1) is 0 Å². The van der Waals surface area contributed by atoms with Gasteiger partial charge in [-0.3, -0.25) is 9.78 Å². The predicted octanol–water partition coefficient (Wildman–Crippen LogP) is 4.36. The Kier molecular flexibility index (Phi) is 5.37. The smallest absolute Gasteiger partial charge is 0.219 e. The van der Waals surface area contributed by atoms with E-state index in [4.69, 9.17) is 9.97 Å². The predicted molar refractivity (Wildman–Crippen MR) is 138 cm³/mol. The van der Waals surface area contributed by atoms with Crippen molar-refractivity contribution in [2.45, 2.75) is 13.5 Å². The highest BCUT2D eigenvalue weighted by atomic mass is 16.2. The van der Waals surface area contributed by atoms with Gasteiger partial charge in [-0.05, 0) is 35.9 Å². The van der Waals surface area contributed by atoms with E-state index >= 15 is 0 Å². The molecule has 6 rings (SSSR count). The second kappa shape index (κ2) is 8.83. The van der Waals surface area contributed by atoms with Gasteiger partial charge in [0, 0.05) is 45.3 Å². The van der Waals surface area contributed by atoms with E-state index in [1.54, 1.807) is 6.92 Å². The molecule has 7 nitrogen and oxygen atoms in total. The largest absolute Gasteiger partial charge is 0.368 e. The molecule has 0 unspecified atom stereocenters. The van der Waals surface area contributed by atoms with Crippen LogP contribution in [0.3, 0.4) is 0 Å². The Morgan fingerprint density at radius 1 is 0.829 bits per heavy atom. The highest BCUT2D eigenvalue weighted by Gasteiger charge is 2.21. The molecule has 0 N–H and O–H groups in total. The lowest BCUT2D eigenvalue weighted by atomic mass is 10.2. The molecule has 0 aliphatic carbocycles. The van der Waals surface area contributed by atoms with Gasteiger partial charge >= 0.3 is 0 Å². The van der Waals surface area contributed by atoms with Crippen molar-refractivity contribution in [1.29, 1.82) is 0 Å². The maximum absolute atomic E-state index is 11.7. The molecule has 0 spiro atoms. The number of amides is 1. The Morgan fingerprint density at radius 3 is 2.34 bits per heavy atom. The second-order valence-electron chi connectivity index (χ2n) is 8.92. The fraction of sp³-hybridized carbons (Fsp3) is 0.214. The summed E-state index contributed by atoms with van der Waals surface area (Å²) < 4.78 is 2.23. The van der Waals surface area contributed by atoms with E-state index in [1.165, 1.54) is 5.56 Å². The highest BCUT2D eigenvalue weighted by molar-refractivity contribution is 5.85. The Bertz CT molecular complexity index is 1520. The molecule has 2 aromatic heterocycles. The van der Waals surface area contributed by atoms with Gasteiger partial charge in [0.1, 0.15) is 5.69 Å². The summed E-state index contributed by atoms with van der Waals surface area (Å²) in [6.45, 7) is 5.45. The van der Waals surface area contributed by atoms with Crippen molar-refractivity contribution in [3.63, 3.8) is 0 Å². The summed E-state index contributed by atoms with van der Waals surface area (Å²) in [7, 11) is 0. The fourth-order valence-corrected chi connectivity index (χ4v) is 4.77. The molecule has 7 heteroatoms. The van der Waals surface area contributed by atoms with E-state index in [2.05, 4.69) is 56.9 Å². The Hall–Kier alpha value is -4.26. The van der Waals surface area contributed by atoms with Crippen LogP contribution >= 0.6 is 0 Å². The molecule has 0 atom stereocenters. The third-order valence-corrected chi connectivity index (χ3v) is 6.68. The summed E-state index contributed by atoms with van der Waals surface area (Å²) in [4.78, 5) is 30.5. The van der Waals surface area contributed by atoms with Crippen molar-refractivity contribution in [1.82, 2.24) is 24.4 Å². The van der Waals surface area contributed by atoms with Gasteiger partial charge in [-0.1, -0.05) is 42.5 Å². The van der Waals surface area contributed by atoms with Crippen molar-refractivity contribution >= 4 is 33.7 Å². The van der Waals surface area contributed by atoms with Crippen LogP contribution in [0.2, 0.25) is 0 Å². The first kappa shape index (κ1) is 21.3. The first-order valence-corrected chi connectivity index (χ1v) is 11.9. The molecule has 5 aromatic rings. The van der Waals surface area contributed by atoms with Crippen LogP contribution in [0.15, 0.2) is 79.0 Å². The molecule has 3 heterocycles. The lowest BCUT2D eigenvalue weighted by molar-refractivity contribution is -0.129. The number of para-hydroxylation sites is 2. The first-order valence-electron chi connectivity index (χ1n) is 11.9. The maximum Gasteiger partial charge on any atom is 0.219 e. The van der Waals surface area contributed by atoms with Crippen LogP contribution < -0.4 is 4.90 Å². The average molecular weight is 463 g/mol. The molecule has 0 bridgehead atoms. The van der Waals surface area contributed by atoms with Gasteiger partial charge in [-0.2, -0.15) is 0 Å². The quantitative estimate of drug-likeness (QED) is 0.397. The minimum Gasteiger partial charge on any atom is -0.368 e. The minimum atomic E-state index is 0.141. The molecular weight excluding hydrogens is 436 g/mol. The van der Waals surface area contributed by atoms with Gasteiger partial charge < -0.3 is 14.4 Å². The molecule has 35 heavy (non-hydrogen) atoms. The maximum atomic E-state index is 11.7. The third-order valence-electron chi connectivity index (χ3n) is 6.68. The zero-order chi connectivity index (χ0) is 23.8. The van der Waals surface area contributed by atoms with E-state index in [-0.39, 0.29) is 5.91 Å². The molecule has 1 amide bonds. The number of nitrogens with zero attached hydrogens (tertiary/aromatic N) is 6. The van der Waals surface area contributed by atoms with Crippen LogP contribution in [0.1, 0.15) is 12.5 Å². The number of piperazine rings is 1. The third kappa shape index (κ3) is 4.10. The van der Waals surface area contributed by atoms with Gasteiger partial charge in [0.05, 0.1) is 28.3 Å². The van der Waals surface area contributed by atoms with Crippen LogP contribution in [0.5, 0.6) is 0 Å². The summed E-state index contributed by atoms with van der Waals surface area (Å²) in [5.41, 5.74) is 6.81. The molecule has 1 aliphatic heterocycles. The van der Waals surface area contributed by atoms with Crippen LogP contribution in [0, 0.1) is 0 Å². The van der Waals surface area contributed by atoms with Crippen molar-refractivity contribution in [3.8, 4) is 11.5 Å². The molecule has 3 aromatic carbocycles. The number of carbonyl (C=O) groups is 1. The molecule has 0 radical (unpaired) electrons. The van der Waals surface area contributed by atoms with Gasteiger partial charge in [0.25, 0.3) is 0 Å². The number of benzene rings is 3. The van der Waals surface area contributed by atoms with E-state index < -0.39 is 0 Å². The van der Waals surface area contributed by atoms with Crippen LogP contribution in [0.4, 0.5) is 5.69 Å². The number of hydrogen-bond acceptors (Lipinski definition) is 5. The minimum absolute atomic E-state index is 0.141. The number of aromatic nitrogens is 4. The lowest BCUT2D eigenvalue weighted by Crippen LogP contribution is -2.48. The number of anilines is 1. The van der Waals surface area contributed by atoms with E-state index in [0.29, 0.717) is 6.54 Å². The van der Waals surface area contributed by atoms with Gasteiger partial charge in [-0.25, -0.2) is 9.97 Å². The average Bonchev–Trinajstić information content (AvgIpc) is 3.26. The number of carbonyl (C=O) groups excluding carboxylic acids is 1. The summed E-state index contributed by atoms with van der Waals surface area (Å²) in [5.74, 6) is 0.947. The SMILES string of the molecule is CC(=O)N1CCN(c2ccc3nc(-c4cnc5ccccc5n4)n(Cc4ccccc4)c3c2)CC1. The Morgan fingerprint density at radius 2 is 1.57 bits per heavy atom. The second-order valence-corrected chi connectivity index (χ2v) is 8.92. The Balaban J connectivity index is 1.44. The first-order chi connectivity index (χ1) is 17.2. The number of hydrogen-bond donors (Lipinski definition) is 0. The topological polar surface area (TPSA) is 67.2 Å². The number of rotatable bonds is 4. The van der Waals surface area contributed by atoms with E-state index in [9.17, 15) is 4.79 Å². The van der Waals surface area contributed by atoms with Crippen molar-refractivity contribution < 1.29 is 4.79 Å². The molecule has 1 aliphatic rings. The summed E-state index contributed by atoms with van der Waals surface area (Å²) in [6, 6.07) is 24.7. The molecule has 0 saturated carbocycles. The van der Waals surface area contributed by atoms with E-state index in [1.807, 2.05) is 41.4 Å². The van der Waals surface area contributed by atoms with E-state index in [0.717, 1.165) is 65.5 Å². The lowest BCUT2D eigenvalue weighted by Gasteiger charge is -2.35. The monoisotopic (exact) mass is 462 g/mol. The van der Waals surface area contributed by atoms with Crippen molar-refractivity contribution in [2.75, 3.05) is 31.1 Å². The summed E-state index contributed by atoms with van der Waals surface area (Å²) in [5, 5.41) is 0. The van der Waals surface area contributed by atoms with Crippen LogP contribution in [0.25, 0.3) is 33.6 Å². The standard InChI is InChI=1S/C28H26N6O/c1-20(35)32-13-15-33(16-14-32)22-11-12-25-27(17-22)34(19-21-7-3-2-4-8-21)28(31-25)26-18-29-23-9-5-6-10-24(23)30-26/h2-12,17-18H,13-16,19H2,1H3. The normalized spacial score (nSPS) is 14.1. The molecular formula is C28H26N6O. The molecule has 174 valence electrons. The number of imidazole rings is 1. The van der Waals surface area contributed by atoms with Crippen LogP contribution in [-0.2, 0) is 11.3 Å². The fourth-order valence-electron chi connectivity index (χ4n) is 4.77. The Labute approximate surface area is 203 Å². The van der Waals surface area contributed by atoms with Gasteiger partial charge in [0.15, 0.2) is 5.82 Å². The highest BCUT2D eigenvalue weighted by Crippen LogP contribution is 2.29. The summed E-state index contributed by atoms with van der Waals surface area (Å²) >= 11 is 0. The summed E-state index contributed by atoms with van der Waals surface area (Å²) in [6.07, 6.45) is 1.81. The van der Waals surface area contributed by atoms with Gasteiger partial charge in [0.2, 0.25) is 5.91 Å². The number of fused-ring (bicyclic) bond motifs is 2. The molecule has 1 fully saturated rings. The zero-order valence-corrected chi connectivity index (χ0v) is 19.6. The van der Waals surface area contributed by atoms with Crippen molar-refractivity contribution in [2.24, 2.45) is 0 Å². The molecule has 1 saturated heterocycles. The van der Waals surface area contributed by atoms with Crippen LogP contribution in [-0.4, -0.2) is 56.5 Å². The zero-order valence-electron chi connectivity index (χ0n) is 19.6.